The Labute approximate surface area is 148 Å². The summed E-state index contributed by atoms with van der Waals surface area (Å²) in [5.74, 6) is 0.328. The molecule has 2 atom stereocenters. The molecule has 0 amide bonds. The molecule has 0 aliphatic heterocycles. The predicted molar refractivity (Wildman–Crippen MR) is 95.8 cm³/mol. The fourth-order valence-electron chi connectivity index (χ4n) is 2.24. The van der Waals surface area contributed by atoms with Gasteiger partial charge in [0.05, 0.1) is 11.7 Å². The van der Waals surface area contributed by atoms with Crippen LogP contribution < -0.4 is 4.72 Å². The number of aromatic nitrogens is 1. The van der Waals surface area contributed by atoms with Crippen molar-refractivity contribution in [2.45, 2.75) is 32.2 Å². The first-order valence-corrected chi connectivity index (χ1v) is 9.70. The van der Waals surface area contributed by atoms with Crippen LogP contribution in [-0.2, 0) is 17.8 Å². The molecular formula is C17H20BrFN2OS. The third-order valence-corrected chi connectivity index (χ3v) is 5.28. The summed E-state index contributed by atoms with van der Waals surface area (Å²) < 4.78 is 29.6. The number of unbranched alkanes of at least 4 members (excludes halogenated alkanes) is 1. The van der Waals surface area contributed by atoms with Crippen molar-refractivity contribution in [1.29, 1.82) is 0 Å². The van der Waals surface area contributed by atoms with Gasteiger partial charge in [0.25, 0.3) is 0 Å². The van der Waals surface area contributed by atoms with Gasteiger partial charge in [-0.05, 0) is 58.6 Å². The van der Waals surface area contributed by atoms with E-state index in [9.17, 15) is 8.94 Å². The summed E-state index contributed by atoms with van der Waals surface area (Å²) >= 11 is 2.35. The Morgan fingerprint density at radius 3 is 2.87 bits per heavy atom. The van der Waals surface area contributed by atoms with Crippen molar-refractivity contribution in [2.24, 2.45) is 0 Å². The fraction of sp³-hybridized carbons (Fsp3) is 0.353. The summed E-state index contributed by atoms with van der Waals surface area (Å²) in [6, 6.07) is 9.96. The fourth-order valence-corrected chi connectivity index (χ4v) is 3.95. The van der Waals surface area contributed by atoms with Crippen LogP contribution >= 0.6 is 15.9 Å². The Balaban J connectivity index is 2.19. The average molecular weight is 399 g/mol. The summed E-state index contributed by atoms with van der Waals surface area (Å²) in [4.78, 5) is 4.39. The van der Waals surface area contributed by atoms with Gasteiger partial charge in [0, 0.05) is 22.0 Å². The number of pyridine rings is 1. The Kier molecular flexibility index (Phi) is 7.49. The number of hydrogen-bond acceptors (Lipinski definition) is 3. The highest BCUT2D eigenvalue weighted by Gasteiger charge is 2.22. The second kappa shape index (κ2) is 9.37. The quantitative estimate of drug-likeness (QED) is 0.673. The van der Waals surface area contributed by atoms with Crippen LogP contribution in [0.2, 0.25) is 0 Å². The first-order valence-electron chi connectivity index (χ1n) is 7.59. The second-order valence-electron chi connectivity index (χ2n) is 5.28. The summed E-state index contributed by atoms with van der Waals surface area (Å²) in [6.45, 7) is 2.07. The number of benzene rings is 1. The van der Waals surface area contributed by atoms with E-state index in [0.29, 0.717) is 12.2 Å². The molecule has 0 saturated heterocycles. The normalized spacial score (nSPS) is 13.7. The molecular weight excluding hydrogens is 379 g/mol. The maximum atomic E-state index is 13.4. The first-order chi connectivity index (χ1) is 11.1. The lowest BCUT2D eigenvalue weighted by atomic mass is 10.0. The van der Waals surface area contributed by atoms with E-state index in [1.54, 1.807) is 12.3 Å². The third-order valence-electron chi connectivity index (χ3n) is 3.40. The number of rotatable bonds is 8. The molecule has 0 spiro atoms. The molecule has 1 aromatic carbocycles. The van der Waals surface area contributed by atoms with Gasteiger partial charge in [-0.3, -0.25) is 4.98 Å². The van der Waals surface area contributed by atoms with Crippen molar-refractivity contribution in [2.75, 3.05) is 5.75 Å². The van der Waals surface area contributed by atoms with E-state index in [4.69, 9.17) is 0 Å². The van der Waals surface area contributed by atoms with E-state index in [2.05, 4.69) is 32.6 Å². The summed E-state index contributed by atoms with van der Waals surface area (Å²) in [5.41, 5.74) is 1.62. The number of halogens is 2. The van der Waals surface area contributed by atoms with Gasteiger partial charge < -0.3 is 4.55 Å². The van der Waals surface area contributed by atoms with Gasteiger partial charge in [0.1, 0.15) is 11.6 Å². The molecule has 0 saturated carbocycles. The van der Waals surface area contributed by atoms with Crippen molar-refractivity contribution in [3.8, 4) is 0 Å². The van der Waals surface area contributed by atoms with Gasteiger partial charge in [-0.15, -0.1) is 4.72 Å². The Morgan fingerprint density at radius 1 is 1.35 bits per heavy atom. The Bertz CT molecular complexity index is 629. The van der Waals surface area contributed by atoms with Gasteiger partial charge in [-0.25, -0.2) is 4.39 Å². The summed E-state index contributed by atoms with van der Waals surface area (Å²) in [5, 5.41) is 0. The molecule has 23 heavy (non-hydrogen) atoms. The lowest BCUT2D eigenvalue weighted by Crippen LogP contribution is -2.32. The minimum atomic E-state index is -1.14. The molecule has 0 fully saturated rings. The van der Waals surface area contributed by atoms with Gasteiger partial charge >= 0.3 is 0 Å². The minimum Gasteiger partial charge on any atom is -0.598 e. The monoisotopic (exact) mass is 398 g/mol. The lowest BCUT2D eigenvalue weighted by Gasteiger charge is -2.21. The SMILES string of the molecule is CCCC[S@+]([O-])N[C@@H](Cc1cccc(F)c1)c1ncccc1Br. The zero-order chi connectivity index (χ0) is 16.7. The molecule has 1 aromatic heterocycles. The molecule has 0 unspecified atom stereocenters. The molecule has 2 rings (SSSR count). The third kappa shape index (κ3) is 5.88. The molecule has 1 N–H and O–H groups in total. The van der Waals surface area contributed by atoms with Crippen molar-refractivity contribution >= 4 is 27.3 Å². The number of nitrogens with one attached hydrogen (secondary N) is 1. The Hall–Kier alpha value is -0.950. The maximum absolute atomic E-state index is 13.4. The average Bonchev–Trinajstić information content (AvgIpc) is 2.53. The second-order valence-corrected chi connectivity index (χ2v) is 7.47. The van der Waals surface area contributed by atoms with Crippen molar-refractivity contribution < 1.29 is 8.94 Å². The summed E-state index contributed by atoms with van der Waals surface area (Å²) in [6.07, 6.45) is 4.12. The summed E-state index contributed by atoms with van der Waals surface area (Å²) in [7, 11) is 0. The van der Waals surface area contributed by atoms with E-state index < -0.39 is 11.4 Å². The first kappa shape index (κ1) is 18.4. The lowest BCUT2D eigenvalue weighted by molar-refractivity contribution is 0.544. The highest BCUT2D eigenvalue weighted by molar-refractivity contribution is 9.10. The molecule has 2 aromatic rings. The Morgan fingerprint density at radius 2 is 2.17 bits per heavy atom. The van der Waals surface area contributed by atoms with Crippen LogP contribution in [0.15, 0.2) is 47.1 Å². The van der Waals surface area contributed by atoms with E-state index >= 15 is 0 Å². The van der Waals surface area contributed by atoms with Crippen LogP contribution in [-0.4, -0.2) is 15.3 Å². The van der Waals surface area contributed by atoms with Gasteiger partial charge in [-0.2, -0.15) is 0 Å². The molecule has 6 heteroatoms. The van der Waals surface area contributed by atoms with Crippen LogP contribution in [0.25, 0.3) is 0 Å². The maximum Gasteiger partial charge on any atom is 0.125 e. The van der Waals surface area contributed by atoms with E-state index in [-0.39, 0.29) is 11.9 Å². The van der Waals surface area contributed by atoms with E-state index in [0.717, 1.165) is 28.6 Å². The molecule has 0 radical (unpaired) electrons. The highest BCUT2D eigenvalue weighted by atomic mass is 79.9. The molecule has 3 nitrogen and oxygen atoms in total. The van der Waals surface area contributed by atoms with Gasteiger partial charge in [0.15, 0.2) is 0 Å². The van der Waals surface area contributed by atoms with Gasteiger partial charge in [-0.1, -0.05) is 25.5 Å². The van der Waals surface area contributed by atoms with E-state index in [1.807, 2.05) is 18.2 Å². The molecule has 124 valence electrons. The molecule has 0 aliphatic carbocycles. The van der Waals surface area contributed by atoms with Crippen LogP contribution in [0.1, 0.15) is 37.1 Å². The zero-order valence-corrected chi connectivity index (χ0v) is 15.4. The topological polar surface area (TPSA) is 48.0 Å². The van der Waals surface area contributed by atoms with Crippen LogP contribution in [0, 0.1) is 5.82 Å². The molecule has 1 heterocycles. The highest BCUT2D eigenvalue weighted by Crippen LogP contribution is 2.25. The number of nitrogens with zero attached hydrogens (tertiary/aromatic N) is 1. The predicted octanol–water partition coefficient (Wildman–Crippen LogP) is 4.32. The van der Waals surface area contributed by atoms with Crippen molar-refractivity contribution in [3.05, 3.63) is 64.1 Å². The molecule has 0 aliphatic rings. The van der Waals surface area contributed by atoms with Crippen LogP contribution in [0.3, 0.4) is 0 Å². The van der Waals surface area contributed by atoms with Crippen molar-refractivity contribution in [1.82, 2.24) is 9.71 Å². The van der Waals surface area contributed by atoms with Crippen LogP contribution in [0.5, 0.6) is 0 Å². The standard InChI is InChI=1S/C17H20BrFN2OS/c1-2-3-10-23(22)21-16(17-15(18)8-5-9-20-17)12-13-6-4-7-14(19)11-13/h4-9,11,16,21H,2-3,10,12H2,1H3/t16-,23-/m0/s1. The van der Waals surface area contributed by atoms with Crippen molar-refractivity contribution in [3.63, 3.8) is 0 Å². The van der Waals surface area contributed by atoms with Crippen LogP contribution in [0.4, 0.5) is 4.39 Å². The van der Waals surface area contributed by atoms with E-state index in [1.165, 1.54) is 12.1 Å². The zero-order valence-electron chi connectivity index (χ0n) is 13.0. The molecule has 0 bridgehead atoms. The van der Waals surface area contributed by atoms with Gasteiger partial charge in [0.2, 0.25) is 0 Å². The largest absolute Gasteiger partial charge is 0.598 e. The smallest absolute Gasteiger partial charge is 0.125 e. The minimum absolute atomic E-state index is 0.245. The number of hydrogen-bond donors (Lipinski definition) is 1.